The lowest BCUT2D eigenvalue weighted by Crippen LogP contribution is -2.38. The second kappa shape index (κ2) is 13.2. The highest BCUT2D eigenvalue weighted by molar-refractivity contribution is 14.0. The molecule has 0 amide bonds. The fourth-order valence-electron chi connectivity index (χ4n) is 2.61. The maximum absolute atomic E-state index is 5.77. The van der Waals surface area contributed by atoms with Gasteiger partial charge in [-0.05, 0) is 43.4 Å². The van der Waals surface area contributed by atoms with Crippen molar-refractivity contribution in [3.8, 4) is 5.75 Å². The highest BCUT2D eigenvalue weighted by Gasteiger charge is 2.13. The number of rotatable bonds is 9. The van der Waals surface area contributed by atoms with Crippen LogP contribution in [0.5, 0.6) is 5.75 Å². The number of guanidine groups is 1. The Labute approximate surface area is 170 Å². The van der Waals surface area contributed by atoms with Crippen molar-refractivity contribution in [2.24, 2.45) is 10.9 Å². The van der Waals surface area contributed by atoms with Gasteiger partial charge in [-0.15, -0.1) is 24.0 Å². The van der Waals surface area contributed by atoms with E-state index in [2.05, 4.69) is 48.5 Å². The van der Waals surface area contributed by atoms with E-state index in [1.165, 1.54) is 5.56 Å². The van der Waals surface area contributed by atoms with Gasteiger partial charge in [0.2, 0.25) is 0 Å². The van der Waals surface area contributed by atoms with Crippen molar-refractivity contribution in [1.82, 2.24) is 10.6 Å². The highest BCUT2D eigenvalue weighted by Crippen LogP contribution is 2.18. The molecule has 144 valence electrons. The van der Waals surface area contributed by atoms with E-state index in [-0.39, 0.29) is 30.1 Å². The molecule has 25 heavy (non-hydrogen) atoms. The van der Waals surface area contributed by atoms with Gasteiger partial charge in [0.1, 0.15) is 5.75 Å². The number of ether oxygens (including phenoxy) is 2. The van der Waals surface area contributed by atoms with Gasteiger partial charge in [0.15, 0.2) is 5.96 Å². The Morgan fingerprint density at radius 3 is 2.48 bits per heavy atom. The molecule has 0 radical (unpaired) electrons. The summed E-state index contributed by atoms with van der Waals surface area (Å²) in [5, 5.41) is 6.70. The van der Waals surface area contributed by atoms with Crippen molar-refractivity contribution in [1.29, 1.82) is 0 Å². The van der Waals surface area contributed by atoms with Crippen molar-refractivity contribution in [3.63, 3.8) is 0 Å². The highest BCUT2D eigenvalue weighted by atomic mass is 127. The van der Waals surface area contributed by atoms with Crippen molar-refractivity contribution < 1.29 is 9.47 Å². The topological polar surface area (TPSA) is 54.9 Å². The predicted octanol–water partition coefficient (Wildman–Crippen LogP) is 3.74. The Bertz CT molecular complexity index is 521. The van der Waals surface area contributed by atoms with Crippen molar-refractivity contribution in [2.45, 2.75) is 46.8 Å². The van der Waals surface area contributed by atoms with E-state index in [1.54, 1.807) is 14.2 Å². The number of aliphatic imine (C=N–C) groups is 1. The summed E-state index contributed by atoms with van der Waals surface area (Å²) in [6.07, 6.45) is 1.25. The maximum Gasteiger partial charge on any atom is 0.191 e. The fraction of sp³-hybridized carbons (Fsp3) is 0.632. The van der Waals surface area contributed by atoms with Gasteiger partial charge in [0.25, 0.3) is 0 Å². The Hall–Kier alpha value is -1.02. The summed E-state index contributed by atoms with van der Waals surface area (Å²) in [5.41, 5.74) is 2.34. The van der Waals surface area contributed by atoms with Crippen LogP contribution in [0.15, 0.2) is 23.2 Å². The molecule has 0 aliphatic heterocycles. The molecule has 0 aliphatic carbocycles. The van der Waals surface area contributed by atoms with Crippen molar-refractivity contribution >= 4 is 29.9 Å². The molecule has 0 saturated heterocycles. The van der Waals surface area contributed by atoms with Gasteiger partial charge in [-0.2, -0.15) is 0 Å². The minimum Gasteiger partial charge on any atom is -0.496 e. The van der Waals surface area contributed by atoms with Crippen LogP contribution in [0.25, 0.3) is 0 Å². The normalized spacial score (nSPS) is 12.5. The van der Waals surface area contributed by atoms with Crippen LogP contribution in [-0.2, 0) is 11.3 Å². The number of aryl methyl sites for hydroxylation is 1. The van der Waals surface area contributed by atoms with Crippen LogP contribution < -0.4 is 15.4 Å². The second-order valence-electron chi connectivity index (χ2n) is 6.18. The third kappa shape index (κ3) is 8.76. The Balaban J connectivity index is 0.00000576. The molecule has 0 saturated carbocycles. The number of hydrogen-bond acceptors (Lipinski definition) is 3. The van der Waals surface area contributed by atoms with Gasteiger partial charge in [-0.25, -0.2) is 0 Å². The van der Waals surface area contributed by atoms with Crippen molar-refractivity contribution in [2.75, 3.05) is 27.3 Å². The van der Waals surface area contributed by atoms with Crippen LogP contribution in [0.2, 0.25) is 0 Å². The predicted molar refractivity (Wildman–Crippen MR) is 116 cm³/mol. The zero-order valence-electron chi connectivity index (χ0n) is 16.4. The van der Waals surface area contributed by atoms with Gasteiger partial charge in [-0.3, -0.25) is 4.99 Å². The van der Waals surface area contributed by atoms with Crippen LogP contribution in [0.4, 0.5) is 0 Å². The molecule has 5 nitrogen and oxygen atoms in total. The number of nitrogens with one attached hydrogen (secondary N) is 2. The van der Waals surface area contributed by atoms with E-state index in [0.29, 0.717) is 5.92 Å². The molecule has 0 fully saturated rings. The lowest BCUT2D eigenvalue weighted by molar-refractivity contribution is 0.0258. The first kappa shape index (κ1) is 24.0. The summed E-state index contributed by atoms with van der Waals surface area (Å²) in [5.74, 6) is 2.24. The summed E-state index contributed by atoms with van der Waals surface area (Å²) in [7, 11) is 3.48. The van der Waals surface area contributed by atoms with Crippen LogP contribution in [0.3, 0.4) is 0 Å². The lowest BCUT2D eigenvalue weighted by Gasteiger charge is -2.21. The molecular weight excluding hydrogens is 429 g/mol. The quantitative estimate of drug-likeness (QED) is 0.333. The van der Waals surface area contributed by atoms with Crippen LogP contribution in [0.1, 0.15) is 38.3 Å². The summed E-state index contributed by atoms with van der Waals surface area (Å²) in [6, 6.07) is 6.19. The number of methoxy groups -OCH3 is 1. The van der Waals surface area contributed by atoms with E-state index in [9.17, 15) is 0 Å². The van der Waals surface area contributed by atoms with Gasteiger partial charge in [0, 0.05) is 26.7 Å². The zero-order valence-corrected chi connectivity index (χ0v) is 18.7. The first-order valence-corrected chi connectivity index (χ1v) is 8.71. The van der Waals surface area contributed by atoms with E-state index < -0.39 is 0 Å². The molecule has 2 N–H and O–H groups in total. The van der Waals surface area contributed by atoms with E-state index in [1.807, 2.05) is 13.0 Å². The van der Waals surface area contributed by atoms with Gasteiger partial charge in [-0.1, -0.05) is 26.0 Å². The van der Waals surface area contributed by atoms with Crippen molar-refractivity contribution in [3.05, 3.63) is 29.3 Å². The van der Waals surface area contributed by atoms with Gasteiger partial charge >= 0.3 is 0 Å². The largest absolute Gasteiger partial charge is 0.496 e. The molecule has 1 rings (SSSR count). The molecule has 1 aromatic carbocycles. The second-order valence-corrected chi connectivity index (χ2v) is 6.18. The molecular formula is C19H34IN3O2. The number of hydrogen-bond donors (Lipinski definition) is 2. The number of nitrogens with zero attached hydrogens (tertiary/aromatic N) is 1. The van der Waals surface area contributed by atoms with E-state index in [0.717, 1.165) is 43.4 Å². The standard InChI is InChI=1S/C19H33N3O2.HI/c1-7-24-17(14(2)3)10-11-21-19(20-5)22-13-16-8-9-18(23-6)15(4)12-16;/h8-9,12,14,17H,7,10-11,13H2,1-6H3,(H2,20,21,22);1H. The Morgan fingerprint density at radius 1 is 1.24 bits per heavy atom. The van der Waals surface area contributed by atoms with E-state index >= 15 is 0 Å². The van der Waals surface area contributed by atoms with Crippen LogP contribution in [-0.4, -0.2) is 39.4 Å². The first-order valence-electron chi connectivity index (χ1n) is 8.71. The van der Waals surface area contributed by atoms with Crippen LogP contribution >= 0.6 is 24.0 Å². The number of benzene rings is 1. The average molecular weight is 463 g/mol. The minimum absolute atomic E-state index is 0. The van der Waals surface area contributed by atoms with Gasteiger partial charge < -0.3 is 20.1 Å². The molecule has 0 heterocycles. The summed E-state index contributed by atoms with van der Waals surface area (Å²) in [6.45, 7) is 10.8. The molecule has 1 atom stereocenters. The molecule has 1 aromatic rings. The smallest absolute Gasteiger partial charge is 0.191 e. The van der Waals surface area contributed by atoms with Gasteiger partial charge in [0.05, 0.1) is 13.2 Å². The molecule has 0 aromatic heterocycles. The molecule has 0 aliphatic rings. The monoisotopic (exact) mass is 463 g/mol. The third-order valence-electron chi connectivity index (χ3n) is 3.99. The summed E-state index contributed by atoms with van der Waals surface area (Å²) >= 11 is 0. The fourth-order valence-corrected chi connectivity index (χ4v) is 2.61. The zero-order chi connectivity index (χ0) is 17.9. The van der Waals surface area contributed by atoms with Crippen LogP contribution in [0, 0.1) is 12.8 Å². The average Bonchev–Trinajstić information content (AvgIpc) is 2.56. The third-order valence-corrected chi connectivity index (χ3v) is 3.99. The Kier molecular flexibility index (Phi) is 12.7. The number of halogens is 1. The maximum atomic E-state index is 5.77. The lowest BCUT2D eigenvalue weighted by atomic mass is 10.0. The Morgan fingerprint density at radius 2 is 1.96 bits per heavy atom. The SMILES string of the molecule is CCOC(CCNC(=NC)NCc1ccc(OC)c(C)c1)C(C)C.I. The summed E-state index contributed by atoms with van der Waals surface area (Å²) in [4.78, 5) is 4.28. The molecule has 6 heteroatoms. The molecule has 1 unspecified atom stereocenters. The first-order chi connectivity index (χ1) is 11.5. The molecule has 0 bridgehead atoms. The van der Waals surface area contributed by atoms with E-state index in [4.69, 9.17) is 9.47 Å². The summed E-state index contributed by atoms with van der Waals surface area (Å²) < 4.78 is 11.1. The molecule has 0 spiro atoms. The minimum atomic E-state index is 0.